The van der Waals surface area contributed by atoms with Crippen molar-refractivity contribution < 1.29 is 27.4 Å². The lowest BCUT2D eigenvalue weighted by molar-refractivity contribution is -0.137. The van der Waals surface area contributed by atoms with Crippen LogP contribution in [0, 0.1) is 0 Å². The highest BCUT2D eigenvalue weighted by atomic mass is 19.4. The van der Waals surface area contributed by atoms with Gasteiger partial charge in [-0.2, -0.15) is 18.3 Å². The fourth-order valence-electron chi connectivity index (χ4n) is 1.89. The van der Waals surface area contributed by atoms with Crippen molar-refractivity contribution in [3.05, 3.63) is 59.7 Å². The normalized spacial score (nSPS) is 11.4. The Morgan fingerprint density at radius 3 is 2.40 bits per heavy atom. The van der Waals surface area contributed by atoms with Gasteiger partial charge in [0.15, 0.2) is 6.61 Å². The first-order valence-electron chi connectivity index (χ1n) is 7.15. The number of amides is 1. The van der Waals surface area contributed by atoms with Gasteiger partial charge in [0.05, 0.1) is 18.9 Å². The van der Waals surface area contributed by atoms with Crippen molar-refractivity contribution in [1.29, 1.82) is 0 Å². The van der Waals surface area contributed by atoms with Crippen LogP contribution in [0.15, 0.2) is 53.6 Å². The number of hydrogen-bond acceptors (Lipinski definition) is 4. The molecule has 2 rings (SSSR count). The summed E-state index contributed by atoms with van der Waals surface area (Å²) in [7, 11) is 1.53. The number of hydrazone groups is 1. The van der Waals surface area contributed by atoms with Crippen LogP contribution in [0.2, 0.25) is 0 Å². The second kappa shape index (κ2) is 8.18. The molecule has 0 saturated heterocycles. The average Bonchev–Trinajstić information content (AvgIpc) is 2.60. The Morgan fingerprint density at radius 2 is 1.76 bits per heavy atom. The molecule has 0 unspecified atom stereocenters. The number of rotatable bonds is 6. The topological polar surface area (TPSA) is 59.9 Å². The number of carbonyl (C=O) groups excluding carboxylic acids is 1. The molecule has 0 atom stereocenters. The molecule has 1 amide bonds. The molecule has 0 fully saturated rings. The van der Waals surface area contributed by atoms with Gasteiger partial charge < -0.3 is 9.47 Å². The number of halogens is 3. The molecule has 0 saturated carbocycles. The van der Waals surface area contributed by atoms with Gasteiger partial charge in [0, 0.05) is 5.56 Å². The van der Waals surface area contributed by atoms with E-state index in [1.807, 2.05) is 0 Å². The molecule has 0 radical (unpaired) electrons. The highest BCUT2D eigenvalue weighted by Gasteiger charge is 2.32. The maximum absolute atomic E-state index is 12.8. The molecule has 0 aliphatic heterocycles. The van der Waals surface area contributed by atoms with E-state index in [1.165, 1.54) is 25.3 Å². The third-order valence-corrected chi connectivity index (χ3v) is 3.09. The van der Waals surface area contributed by atoms with Crippen LogP contribution >= 0.6 is 0 Å². The Kier molecular flexibility index (Phi) is 5.99. The van der Waals surface area contributed by atoms with E-state index >= 15 is 0 Å². The van der Waals surface area contributed by atoms with Gasteiger partial charge >= 0.3 is 6.18 Å². The monoisotopic (exact) mass is 352 g/mol. The Morgan fingerprint density at radius 1 is 1.12 bits per heavy atom. The molecule has 8 heteroatoms. The van der Waals surface area contributed by atoms with Crippen LogP contribution in [-0.4, -0.2) is 25.8 Å². The molecule has 25 heavy (non-hydrogen) atoms. The van der Waals surface area contributed by atoms with Crippen LogP contribution in [0.1, 0.15) is 11.1 Å². The standard InChI is InChI=1S/C17H15F3N2O3/c1-24-13-6-8-14(9-7-13)25-11-16(23)22-21-10-12-4-2-3-5-15(12)17(18,19)20/h2-10H,11H2,1H3,(H,22,23)/b21-10-. The number of benzene rings is 2. The summed E-state index contributed by atoms with van der Waals surface area (Å²) in [6, 6.07) is 11.5. The van der Waals surface area contributed by atoms with E-state index in [2.05, 4.69) is 10.5 Å². The lowest BCUT2D eigenvalue weighted by atomic mass is 10.1. The van der Waals surface area contributed by atoms with Crippen LogP contribution in [0.5, 0.6) is 11.5 Å². The summed E-state index contributed by atoms with van der Waals surface area (Å²) in [6.07, 6.45) is -3.56. The van der Waals surface area contributed by atoms with Crippen LogP contribution in [-0.2, 0) is 11.0 Å². The van der Waals surface area contributed by atoms with E-state index in [0.29, 0.717) is 11.5 Å². The summed E-state index contributed by atoms with van der Waals surface area (Å²) in [5, 5.41) is 3.53. The zero-order chi connectivity index (χ0) is 18.3. The first-order valence-corrected chi connectivity index (χ1v) is 7.15. The zero-order valence-corrected chi connectivity index (χ0v) is 13.2. The highest BCUT2D eigenvalue weighted by molar-refractivity contribution is 5.84. The van der Waals surface area contributed by atoms with Gasteiger partial charge in [0.1, 0.15) is 11.5 Å². The van der Waals surface area contributed by atoms with Crippen molar-refractivity contribution >= 4 is 12.1 Å². The van der Waals surface area contributed by atoms with Gasteiger partial charge in [0.2, 0.25) is 0 Å². The Bertz CT molecular complexity index is 744. The molecule has 5 nitrogen and oxygen atoms in total. The van der Waals surface area contributed by atoms with Gasteiger partial charge in [-0.15, -0.1) is 0 Å². The number of nitrogens with zero attached hydrogens (tertiary/aromatic N) is 1. The zero-order valence-electron chi connectivity index (χ0n) is 13.2. The van der Waals surface area contributed by atoms with Crippen molar-refractivity contribution in [2.45, 2.75) is 6.18 Å². The Hall–Kier alpha value is -3.03. The molecule has 0 spiro atoms. The molecule has 2 aromatic rings. The quantitative estimate of drug-likeness (QED) is 0.641. The van der Waals surface area contributed by atoms with Crippen LogP contribution in [0.25, 0.3) is 0 Å². The third-order valence-electron chi connectivity index (χ3n) is 3.09. The van der Waals surface area contributed by atoms with Crippen molar-refractivity contribution in [3.8, 4) is 11.5 Å². The van der Waals surface area contributed by atoms with Crippen LogP contribution in [0.3, 0.4) is 0 Å². The average molecular weight is 352 g/mol. The van der Waals surface area contributed by atoms with E-state index in [-0.39, 0.29) is 12.2 Å². The predicted octanol–water partition coefficient (Wildman–Crippen LogP) is 3.24. The fraction of sp³-hybridized carbons (Fsp3) is 0.176. The largest absolute Gasteiger partial charge is 0.497 e. The molecular formula is C17H15F3N2O3. The van der Waals surface area contributed by atoms with Gasteiger partial charge in [-0.1, -0.05) is 18.2 Å². The maximum Gasteiger partial charge on any atom is 0.417 e. The lowest BCUT2D eigenvalue weighted by Crippen LogP contribution is -2.24. The molecule has 0 aromatic heterocycles. The number of hydrogen-bond donors (Lipinski definition) is 1. The lowest BCUT2D eigenvalue weighted by Gasteiger charge is -2.09. The van der Waals surface area contributed by atoms with E-state index in [9.17, 15) is 18.0 Å². The summed E-state index contributed by atoms with van der Waals surface area (Å²) in [6.45, 7) is -0.329. The summed E-state index contributed by atoms with van der Waals surface area (Å²) < 4.78 is 48.7. The van der Waals surface area contributed by atoms with Crippen molar-refractivity contribution in [3.63, 3.8) is 0 Å². The predicted molar refractivity (Wildman–Crippen MR) is 85.7 cm³/mol. The number of ether oxygens (including phenoxy) is 2. The highest BCUT2D eigenvalue weighted by Crippen LogP contribution is 2.31. The van der Waals surface area contributed by atoms with Crippen LogP contribution in [0.4, 0.5) is 13.2 Å². The molecule has 0 aliphatic rings. The first kappa shape index (κ1) is 18.3. The Balaban J connectivity index is 1.88. The fourth-order valence-corrected chi connectivity index (χ4v) is 1.89. The summed E-state index contributed by atoms with van der Waals surface area (Å²) >= 11 is 0. The van der Waals surface area contributed by atoms with Crippen molar-refractivity contribution in [1.82, 2.24) is 5.43 Å². The third kappa shape index (κ3) is 5.52. The van der Waals surface area contributed by atoms with Crippen LogP contribution < -0.4 is 14.9 Å². The first-order chi connectivity index (χ1) is 11.9. The van der Waals surface area contributed by atoms with E-state index in [0.717, 1.165) is 12.3 Å². The second-order valence-corrected chi connectivity index (χ2v) is 4.84. The van der Waals surface area contributed by atoms with Gasteiger partial charge in [-0.05, 0) is 30.3 Å². The van der Waals surface area contributed by atoms with Gasteiger partial charge in [-0.3, -0.25) is 4.79 Å². The number of carbonyl (C=O) groups is 1. The minimum absolute atomic E-state index is 0.147. The molecule has 0 heterocycles. The summed E-state index contributed by atoms with van der Waals surface area (Å²) in [5.41, 5.74) is 1.14. The molecule has 0 bridgehead atoms. The van der Waals surface area contributed by atoms with E-state index in [1.54, 1.807) is 24.3 Å². The van der Waals surface area contributed by atoms with Crippen molar-refractivity contribution in [2.24, 2.45) is 5.10 Å². The molecular weight excluding hydrogens is 337 g/mol. The van der Waals surface area contributed by atoms with E-state index in [4.69, 9.17) is 9.47 Å². The Labute approximate surface area is 142 Å². The second-order valence-electron chi connectivity index (χ2n) is 4.84. The van der Waals surface area contributed by atoms with E-state index < -0.39 is 17.6 Å². The molecule has 2 aromatic carbocycles. The number of methoxy groups -OCH3 is 1. The smallest absolute Gasteiger partial charge is 0.417 e. The summed E-state index contributed by atoms with van der Waals surface area (Å²) in [5.74, 6) is 0.489. The molecule has 1 N–H and O–H groups in total. The minimum Gasteiger partial charge on any atom is -0.497 e. The number of nitrogens with one attached hydrogen (secondary N) is 1. The molecule has 0 aliphatic carbocycles. The number of alkyl halides is 3. The van der Waals surface area contributed by atoms with Gasteiger partial charge in [-0.25, -0.2) is 5.43 Å². The maximum atomic E-state index is 12.8. The summed E-state index contributed by atoms with van der Waals surface area (Å²) in [4.78, 5) is 11.6. The van der Waals surface area contributed by atoms with Crippen molar-refractivity contribution in [2.75, 3.05) is 13.7 Å². The van der Waals surface area contributed by atoms with Gasteiger partial charge in [0.25, 0.3) is 5.91 Å². The minimum atomic E-state index is -4.50. The SMILES string of the molecule is COc1ccc(OCC(=O)N/N=C\c2ccccc2C(F)(F)F)cc1. The molecule has 132 valence electrons.